The number of anilines is 1. The number of aromatic nitrogens is 1. The first-order valence-electron chi connectivity index (χ1n) is 6.81. The average molecular weight is 298 g/mol. The number of nitrogens with zero attached hydrogens (tertiary/aromatic N) is 3. The Bertz CT molecular complexity index is 457. The van der Waals surface area contributed by atoms with Gasteiger partial charge in [-0.3, -0.25) is 4.79 Å². The normalized spacial score (nSPS) is 18.9. The maximum Gasteiger partial charge on any atom is 0.326 e. The van der Waals surface area contributed by atoms with Gasteiger partial charge in [0.1, 0.15) is 6.04 Å². The van der Waals surface area contributed by atoms with Gasteiger partial charge in [-0.05, 0) is 38.9 Å². The zero-order valence-electron chi connectivity index (χ0n) is 12.0. The number of carbonyl (C=O) groups is 1. The lowest BCUT2D eigenvalue weighted by atomic mass is 9.97. The van der Waals surface area contributed by atoms with Gasteiger partial charge in [-0.1, -0.05) is 0 Å². The minimum absolute atomic E-state index is 0.438. The highest BCUT2D eigenvalue weighted by Crippen LogP contribution is 2.25. The Hall–Kier alpha value is -1.18. The van der Waals surface area contributed by atoms with E-state index in [1.165, 1.54) is 24.2 Å². The molecule has 2 heterocycles. The fourth-order valence-electron chi connectivity index (χ4n) is 2.43. The second kappa shape index (κ2) is 6.51. The van der Waals surface area contributed by atoms with Crippen LogP contribution >= 0.6 is 11.3 Å². The molecule has 6 nitrogen and oxygen atoms in total. The molecular weight excluding hydrogens is 276 g/mol. The fraction of sp³-hybridized carbons (Fsp3) is 0.692. The highest BCUT2D eigenvalue weighted by molar-refractivity contribution is 7.13. The molecule has 1 unspecified atom stereocenters. The highest BCUT2D eigenvalue weighted by Gasteiger charge is 2.21. The third-order valence-electron chi connectivity index (χ3n) is 3.79. The van der Waals surface area contributed by atoms with Crippen LogP contribution in [0.1, 0.15) is 24.6 Å². The summed E-state index contributed by atoms with van der Waals surface area (Å²) in [5, 5.41) is 11.5. The minimum Gasteiger partial charge on any atom is -0.480 e. The third-order valence-corrected chi connectivity index (χ3v) is 4.76. The van der Waals surface area contributed by atoms with E-state index in [-0.39, 0.29) is 0 Å². The molecule has 3 N–H and O–H groups in total. The summed E-state index contributed by atoms with van der Waals surface area (Å²) in [5.74, 6) is -0.364. The Morgan fingerprint density at radius 1 is 1.65 bits per heavy atom. The second-order valence-electron chi connectivity index (χ2n) is 5.50. The second-order valence-corrected chi connectivity index (χ2v) is 6.33. The van der Waals surface area contributed by atoms with Crippen molar-refractivity contribution in [1.82, 2.24) is 9.88 Å². The molecule has 1 aromatic rings. The summed E-state index contributed by atoms with van der Waals surface area (Å²) in [5.41, 5.74) is 6.01. The number of nitrogens with two attached hydrogens (primary N) is 1. The molecule has 1 saturated heterocycles. The number of hydrogen-bond donors (Lipinski definition) is 2. The molecule has 7 heteroatoms. The lowest BCUT2D eigenvalue weighted by Gasteiger charge is -2.31. The van der Waals surface area contributed by atoms with E-state index in [9.17, 15) is 4.79 Å². The molecule has 2 rings (SSSR count). The zero-order chi connectivity index (χ0) is 14.7. The van der Waals surface area contributed by atoms with Crippen LogP contribution in [0.3, 0.4) is 0 Å². The molecule has 0 saturated carbocycles. The van der Waals surface area contributed by atoms with Crippen LogP contribution in [0.15, 0.2) is 5.38 Å². The molecule has 0 amide bonds. The predicted octanol–water partition coefficient (Wildman–Crippen LogP) is 1.01. The first kappa shape index (κ1) is 15.2. The van der Waals surface area contributed by atoms with E-state index in [0.29, 0.717) is 11.6 Å². The van der Waals surface area contributed by atoms with E-state index in [2.05, 4.69) is 21.8 Å². The van der Waals surface area contributed by atoms with Gasteiger partial charge in [-0.15, -0.1) is 11.3 Å². The van der Waals surface area contributed by atoms with Crippen molar-refractivity contribution in [2.24, 2.45) is 11.7 Å². The van der Waals surface area contributed by atoms with Crippen molar-refractivity contribution in [3.8, 4) is 0 Å². The Morgan fingerprint density at radius 2 is 2.30 bits per heavy atom. The van der Waals surface area contributed by atoms with Gasteiger partial charge in [-0.25, -0.2) is 4.98 Å². The van der Waals surface area contributed by atoms with Crippen LogP contribution in [0, 0.1) is 5.92 Å². The lowest BCUT2D eigenvalue weighted by molar-refractivity contribution is -0.138. The Labute approximate surface area is 123 Å². The molecule has 1 aromatic heterocycles. The highest BCUT2D eigenvalue weighted by atomic mass is 32.1. The predicted molar refractivity (Wildman–Crippen MR) is 80.2 cm³/mol. The van der Waals surface area contributed by atoms with Crippen LogP contribution in [-0.4, -0.2) is 54.7 Å². The van der Waals surface area contributed by atoms with Crippen LogP contribution in [-0.2, 0) is 4.79 Å². The van der Waals surface area contributed by atoms with Crippen LogP contribution in [0.4, 0.5) is 5.13 Å². The summed E-state index contributed by atoms with van der Waals surface area (Å²) in [6.45, 7) is 3.25. The van der Waals surface area contributed by atoms with Crippen molar-refractivity contribution >= 4 is 22.4 Å². The number of likely N-dealkylation sites (tertiary alicyclic amines) is 1. The molecule has 1 fully saturated rings. The van der Waals surface area contributed by atoms with Crippen LogP contribution < -0.4 is 10.6 Å². The first-order valence-corrected chi connectivity index (χ1v) is 7.69. The van der Waals surface area contributed by atoms with Gasteiger partial charge < -0.3 is 20.6 Å². The van der Waals surface area contributed by atoms with E-state index in [1.807, 2.05) is 7.05 Å². The summed E-state index contributed by atoms with van der Waals surface area (Å²) >= 11 is 1.45. The number of carboxylic acid groups (broad SMARTS) is 1. The molecular formula is C13H22N4O2S. The summed E-state index contributed by atoms with van der Waals surface area (Å²) in [7, 11) is 4.16. The summed E-state index contributed by atoms with van der Waals surface area (Å²) in [6.07, 6.45) is 2.40. The fourth-order valence-corrected chi connectivity index (χ4v) is 3.27. The van der Waals surface area contributed by atoms with Crippen molar-refractivity contribution in [3.05, 3.63) is 11.1 Å². The van der Waals surface area contributed by atoms with Crippen molar-refractivity contribution in [3.63, 3.8) is 0 Å². The van der Waals surface area contributed by atoms with Gasteiger partial charge in [-0.2, -0.15) is 0 Å². The standard InChI is InChI=1S/C13H22N4O2S/c1-16-5-3-9(4-6-16)7-17(2)13-15-10(8-20-13)11(14)12(18)19/h8-9,11H,3-7,14H2,1-2H3,(H,18,19). The van der Waals surface area contributed by atoms with Gasteiger partial charge in [0, 0.05) is 19.0 Å². The topological polar surface area (TPSA) is 82.7 Å². The number of hydrogen-bond acceptors (Lipinski definition) is 6. The van der Waals surface area contributed by atoms with Crippen molar-refractivity contribution in [2.45, 2.75) is 18.9 Å². The average Bonchev–Trinajstić information content (AvgIpc) is 2.90. The van der Waals surface area contributed by atoms with E-state index in [1.54, 1.807) is 5.38 Å². The summed E-state index contributed by atoms with van der Waals surface area (Å²) in [6, 6.07) is -1.03. The smallest absolute Gasteiger partial charge is 0.326 e. The SMILES string of the molecule is CN1CCC(CN(C)c2nc(C(N)C(=O)O)cs2)CC1. The summed E-state index contributed by atoms with van der Waals surface area (Å²) < 4.78 is 0. The van der Waals surface area contributed by atoms with Gasteiger partial charge in [0.15, 0.2) is 5.13 Å². The largest absolute Gasteiger partial charge is 0.480 e. The van der Waals surface area contributed by atoms with Crippen molar-refractivity contribution < 1.29 is 9.90 Å². The molecule has 0 aliphatic carbocycles. The molecule has 0 bridgehead atoms. The van der Waals surface area contributed by atoms with Crippen LogP contribution in [0.2, 0.25) is 0 Å². The molecule has 0 aromatic carbocycles. The molecule has 112 valence electrons. The monoisotopic (exact) mass is 298 g/mol. The van der Waals surface area contributed by atoms with Crippen molar-refractivity contribution in [1.29, 1.82) is 0 Å². The van der Waals surface area contributed by atoms with Gasteiger partial charge >= 0.3 is 5.97 Å². The Morgan fingerprint density at radius 3 is 2.90 bits per heavy atom. The first-order chi connectivity index (χ1) is 9.47. The van der Waals surface area contributed by atoms with Gasteiger partial charge in [0.25, 0.3) is 0 Å². The molecule has 0 spiro atoms. The maximum atomic E-state index is 10.8. The molecule has 1 atom stereocenters. The van der Waals surface area contributed by atoms with E-state index in [0.717, 1.165) is 24.8 Å². The summed E-state index contributed by atoms with van der Waals surface area (Å²) in [4.78, 5) is 19.6. The molecule has 0 radical (unpaired) electrons. The quantitative estimate of drug-likeness (QED) is 0.844. The van der Waals surface area contributed by atoms with Gasteiger partial charge in [0.05, 0.1) is 5.69 Å². The van der Waals surface area contributed by atoms with Gasteiger partial charge in [0.2, 0.25) is 0 Å². The number of aliphatic carboxylic acids is 1. The third kappa shape index (κ3) is 3.68. The number of thiazole rings is 1. The van der Waals surface area contributed by atoms with E-state index < -0.39 is 12.0 Å². The number of rotatable bonds is 5. The zero-order valence-corrected chi connectivity index (χ0v) is 12.8. The van der Waals surface area contributed by atoms with Crippen molar-refractivity contribution in [2.75, 3.05) is 38.6 Å². The molecule has 1 aliphatic heterocycles. The number of carboxylic acids is 1. The van der Waals surface area contributed by atoms with E-state index >= 15 is 0 Å². The number of piperidine rings is 1. The van der Waals surface area contributed by atoms with Crippen LogP contribution in [0.5, 0.6) is 0 Å². The Kier molecular flexibility index (Phi) is 4.95. The maximum absolute atomic E-state index is 10.8. The van der Waals surface area contributed by atoms with E-state index in [4.69, 9.17) is 10.8 Å². The minimum atomic E-state index is -1.04. The molecule has 20 heavy (non-hydrogen) atoms. The molecule has 1 aliphatic rings. The lowest BCUT2D eigenvalue weighted by Crippen LogP contribution is -2.35. The van der Waals surface area contributed by atoms with Crippen LogP contribution in [0.25, 0.3) is 0 Å². The Balaban J connectivity index is 1.92.